The lowest BCUT2D eigenvalue weighted by Crippen LogP contribution is -2.31. The fourth-order valence-corrected chi connectivity index (χ4v) is 13.8. The van der Waals surface area contributed by atoms with Gasteiger partial charge >= 0.3 is 0 Å². The van der Waals surface area contributed by atoms with Crippen LogP contribution in [0, 0.1) is 47.3 Å². The standard InChI is InChI=1S/C62H102O/c1-5-9-13-15-19-23-51-25-33-53(34-26-51)55-41-45-59(46-42-55)61(57-37-29-49(30-38-57)21-17-11-7-3)63-62(58-39-31-50(32-40-58)22-18-12-8-4)60-47-43-56(44-48-60)54-35-27-52(28-36-54)24-20-16-14-10-6-2/h29-32,37-40,51-56,59-62H,5-28,33-36,41-48H2,1-4H3. The first-order valence-electron chi connectivity index (χ1n) is 28.9. The minimum atomic E-state index is 0.197. The summed E-state index contributed by atoms with van der Waals surface area (Å²) in [6, 6.07) is 19.9. The fourth-order valence-electron chi connectivity index (χ4n) is 13.8. The molecule has 4 aliphatic carbocycles. The van der Waals surface area contributed by atoms with E-state index in [-0.39, 0.29) is 12.2 Å². The van der Waals surface area contributed by atoms with Crippen LogP contribution in [-0.2, 0) is 17.6 Å². The maximum absolute atomic E-state index is 7.89. The van der Waals surface area contributed by atoms with Crippen molar-refractivity contribution in [1.82, 2.24) is 0 Å². The molecular formula is C62H102O. The molecule has 6 rings (SSSR count). The van der Waals surface area contributed by atoms with Gasteiger partial charge in [0.2, 0.25) is 0 Å². The van der Waals surface area contributed by atoms with Crippen LogP contribution in [0.25, 0.3) is 0 Å². The molecule has 2 aromatic rings. The van der Waals surface area contributed by atoms with Gasteiger partial charge < -0.3 is 4.74 Å². The largest absolute Gasteiger partial charge is 0.365 e. The molecule has 4 aliphatic rings. The number of aryl methyl sites for hydroxylation is 2. The Bertz CT molecular complexity index is 1300. The van der Waals surface area contributed by atoms with Crippen LogP contribution in [0.3, 0.4) is 0 Å². The van der Waals surface area contributed by atoms with Gasteiger partial charge in [-0.05, 0) is 172 Å². The van der Waals surface area contributed by atoms with E-state index < -0.39 is 0 Å². The lowest BCUT2D eigenvalue weighted by Gasteiger charge is -2.43. The number of unbranched alkanes of at least 4 members (excludes halogenated alkanes) is 12. The summed E-state index contributed by atoms with van der Waals surface area (Å²) >= 11 is 0. The summed E-state index contributed by atoms with van der Waals surface area (Å²) in [5.74, 6) is 7.14. The lowest BCUT2D eigenvalue weighted by atomic mass is 9.67. The minimum absolute atomic E-state index is 0.197. The molecule has 4 saturated carbocycles. The smallest absolute Gasteiger partial charge is 0.0861 e. The third-order valence-corrected chi connectivity index (χ3v) is 18.1. The van der Waals surface area contributed by atoms with Gasteiger partial charge in [-0.3, -0.25) is 0 Å². The van der Waals surface area contributed by atoms with Crippen molar-refractivity contribution in [1.29, 1.82) is 0 Å². The average molecular weight is 863 g/mol. The number of hydrogen-bond acceptors (Lipinski definition) is 1. The molecule has 4 fully saturated rings. The van der Waals surface area contributed by atoms with Crippen molar-refractivity contribution in [3.8, 4) is 0 Å². The van der Waals surface area contributed by atoms with E-state index in [2.05, 4.69) is 76.2 Å². The third kappa shape index (κ3) is 16.9. The van der Waals surface area contributed by atoms with Crippen LogP contribution in [0.4, 0.5) is 0 Å². The molecule has 0 heterocycles. The zero-order valence-corrected chi connectivity index (χ0v) is 42.3. The first-order chi connectivity index (χ1) is 31.1. The molecule has 356 valence electrons. The second kappa shape index (κ2) is 29.2. The van der Waals surface area contributed by atoms with E-state index in [1.807, 2.05) is 0 Å². The van der Waals surface area contributed by atoms with Gasteiger partial charge in [0.05, 0.1) is 12.2 Å². The molecule has 0 aromatic heterocycles. The van der Waals surface area contributed by atoms with Crippen molar-refractivity contribution in [3.05, 3.63) is 70.8 Å². The van der Waals surface area contributed by atoms with Gasteiger partial charge in [-0.15, -0.1) is 0 Å². The molecule has 2 aromatic carbocycles. The Morgan fingerprint density at radius 3 is 0.984 bits per heavy atom. The normalized spacial score (nSPS) is 27.9. The highest BCUT2D eigenvalue weighted by Gasteiger charge is 2.39. The van der Waals surface area contributed by atoms with E-state index in [9.17, 15) is 0 Å². The highest BCUT2D eigenvalue weighted by Crippen LogP contribution is 2.50. The Hall–Kier alpha value is -1.60. The third-order valence-electron chi connectivity index (χ3n) is 18.1. The second-order valence-electron chi connectivity index (χ2n) is 22.7. The highest BCUT2D eigenvalue weighted by molar-refractivity contribution is 5.28. The van der Waals surface area contributed by atoms with Crippen molar-refractivity contribution < 1.29 is 4.74 Å². The predicted octanol–water partition coefficient (Wildman–Crippen LogP) is 19.9. The van der Waals surface area contributed by atoms with E-state index in [0.717, 1.165) is 35.5 Å². The molecule has 0 N–H and O–H groups in total. The van der Waals surface area contributed by atoms with Crippen LogP contribution >= 0.6 is 0 Å². The van der Waals surface area contributed by atoms with Crippen molar-refractivity contribution >= 4 is 0 Å². The van der Waals surface area contributed by atoms with E-state index in [0.29, 0.717) is 11.8 Å². The first kappa shape index (κ1) is 50.8. The van der Waals surface area contributed by atoms with Crippen LogP contribution in [0.5, 0.6) is 0 Å². The quantitative estimate of drug-likeness (QED) is 0.0775. The number of ether oxygens (including phenoxy) is 1. The Labute approximate surface area is 392 Å². The maximum atomic E-state index is 7.89. The Morgan fingerprint density at radius 2 is 0.651 bits per heavy atom. The molecule has 0 spiro atoms. The molecule has 2 atom stereocenters. The summed E-state index contributed by atoms with van der Waals surface area (Å²) in [6.45, 7) is 9.33. The van der Waals surface area contributed by atoms with Gasteiger partial charge in [-0.2, -0.15) is 0 Å². The summed E-state index contributed by atoms with van der Waals surface area (Å²) in [5.41, 5.74) is 5.96. The summed E-state index contributed by atoms with van der Waals surface area (Å²) in [7, 11) is 0. The second-order valence-corrected chi connectivity index (χ2v) is 22.7. The molecule has 0 aliphatic heterocycles. The maximum Gasteiger partial charge on any atom is 0.0861 e. The summed E-state index contributed by atoms with van der Waals surface area (Å²) in [5, 5.41) is 0. The molecule has 0 radical (unpaired) electrons. The van der Waals surface area contributed by atoms with Crippen LogP contribution in [0.1, 0.15) is 280 Å². The molecule has 0 amide bonds. The zero-order chi connectivity index (χ0) is 43.9. The van der Waals surface area contributed by atoms with Gasteiger partial charge in [-0.25, -0.2) is 0 Å². The van der Waals surface area contributed by atoms with E-state index >= 15 is 0 Å². The molecular weight excluding hydrogens is 761 g/mol. The fraction of sp³-hybridized carbons (Fsp3) is 0.806. The molecule has 1 heteroatoms. The highest BCUT2D eigenvalue weighted by atomic mass is 16.5. The van der Waals surface area contributed by atoms with Gasteiger partial charge in [0, 0.05) is 0 Å². The van der Waals surface area contributed by atoms with Crippen molar-refractivity contribution in [2.24, 2.45) is 47.3 Å². The van der Waals surface area contributed by atoms with Crippen LogP contribution in [-0.4, -0.2) is 0 Å². The molecule has 0 bridgehead atoms. The Balaban J connectivity index is 1.11. The van der Waals surface area contributed by atoms with Gasteiger partial charge in [0.15, 0.2) is 0 Å². The van der Waals surface area contributed by atoms with Crippen LogP contribution < -0.4 is 0 Å². The first-order valence-corrected chi connectivity index (χ1v) is 28.9. The summed E-state index contributed by atoms with van der Waals surface area (Å²) in [6.07, 6.45) is 51.2. The molecule has 1 nitrogen and oxygen atoms in total. The van der Waals surface area contributed by atoms with Crippen molar-refractivity contribution in [2.45, 2.75) is 271 Å². The van der Waals surface area contributed by atoms with Gasteiger partial charge in [0.25, 0.3) is 0 Å². The Morgan fingerprint density at radius 1 is 0.349 bits per heavy atom. The van der Waals surface area contributed by atoms with Crippen LogP contribution in [0.2, 0.25) is 0 Å². The molecule has 2 unspecified atom stereocenters. The van der Waals surface area contributed by atoms with Gasteiger partial charge in [-0.1, -0.05) is 205 Å². The zero-order valence-electron chi connectivity index (χ0n) is 42.3. The van der Waals surface area contributed by atoms with E-state index in [4.69, 9.17) is 4.74 Å². The lowest BCUT2D eigenvalue weighted by molar-refractivity contribution is -0.0934. The van der Waals surface area contributed by atoms with E-state index in [1.54, 1.807) is 0 Å². The molecule has 63 heavy (non-hydrogen) atoms. The average Bonchev–Trinajstić information content (AvgIpc) is 3.33. The van der Waals surface area contributed by atoms with Crippen molar-refractivity contribution in [2.75, 3.05) is 0 Å². The Kier molecular flexibility index (Phi) is 23.6. The summed E-state index contributed by atoms with van der Waals surface area (Å²) in [4.78, 5) is 0. The monoisotopic (exact) mass is 863 g/mol. The number of rotatable bonds is 28. The number of benzene rings is 2. The number of hydrogen-bond donors (Lipinski definition) is 0. The molecule has 0 saturated heterocycles. The van der Waals surface area contributed by atoms with E-state index in [1.165, 1.54) is 253 Å². The minimum Gasteiger partial charge on any atom is -0.365 e. The van der Waals surface area contributed by atoms with Crippen molar-refractivity contribution in [3.63, 3.8) is 0 Å². The topological polar surface area (TPSA) is 9.23 Å². The van der Waals surface area contributed by atoms with Crippen LogP contribution in [0.15, 0.2) is 48.5 Å². The SMILES string of the molecule is CCCCCCCC1CCC(C2CCC(C(OC(c3ccc(CCCCC)cc3)C3CCC(C4CCC(CCCCCCC)CC4)CC3)c3ccc(CCCCC)cc3)CC2)CC1. The van der Waals surface area contributed by atoms with Gasteiger partial charge in [0.1, 0.15) is 0 Å². The predicted molar refractivity (Wildman–Crippen MR) is 274 cm³/mol. The summed E-state index contributed by atoms with van der Waals surface area (Å²) < 4.78 is 7.89.